The highest BCUT2D eigenvalue weighted by Crippen LogP contribution is 2.06. The lowest BCUT2D eigenvalue weighted by Gasteiger charge is -1.99. The van der Waals surface area contributed by atoms with Crippen molar-refractivity contribution in [1.82, 2.24) is 0 Å². The number of thioether (sulfide) groups is 1. The summed E-state index contributed by atoms with van der Waals surface area (Å²) >= 11 is 1.49. The molecule has 0 aliphatic rings. The predicted molar refractivity (Wildman–Crippen MR) is 53.5 cm³/mol. The molecule has 1 rings (SSSR count). The van der Waals surface area contributed by atoms with E-state index in [9.17, 15) is 9.18 Å². The van der Waals surface area contributed by atoms with Crippen molar-refractivity contribution in [2.45, 2.75) is 6.42 Å². The number of hydrogen-bond acceptors (Lipinski definition) is 2. The standard InChI is InChI=1S/C10H11FOS/c1-13-7-10(12)6-8-3-2-4-9(11)5-8/h2-5H,6-7H2,1H3. The van der Waals surface area contributed by atoms with Gasteiger partial charge in [0.2, 0.25) is 0 Å². The minimum absolute atomic E-state index is 0.137. The third-order valence-corrected chi connectivity index (χ3v) is 2.21. The number of hydrogen-bond donors (Lipinski definition) is 0. The van der Waals surface area contributed by atoms with Crippen molar-refractivity contribution in [2.24, 2.45) is 0 Å². The summed E-state index contributed by atoms with van der Waals surface area (Å²) in [6, 6.07) is 6.17. The maximum atomic E-state index is 12.7. The summed E-state index contributed by atoms with van der Waals surface area (Å²) in [6.07, 6.45) is 2.21. The van der Waals surface area contributed by atoms with E-state index in [2.05, 4.69) is 0 Å². The fourth-order valence-corrected chi connectivity index (χ4v) is 1.51. The average Bonchev–Trinajstić information content (AvgIpc) is 2.04. The minimum Gasteiger partial charge on any atom is -0.298 e. The van der Waals surface area contributed by atoms with Crippen molar-refractivity contribution < 1.29 is 9.18 Å². The van der Waals surface area contributed by atoms with Crippen LogP contribution in [0.4, 0.5) is 4.39 Å². The summed E-state index contributed by atoms with van der Waals surface area (Å²) in [7, 11) is 0. The Kier molecular flexibility index (Phi) is 3.96. The fourth-order valence-electron chi connectivity index (χ4n) is 1.09. The smallest absolute Gasteiger partial charge is 0.147 e. The number of benzene rings is 1. The first kappa shape index (κ1) is 10.3. The minimum atomic E-state index is -0.283. The SMILES string of the molecule is CSCC(=O)Cc1cccc(F)c1. The van der Waals surface area contributed by atoms with Crippen LogP contribution in [-0.4, -0.2) is 17.8 Å². The molecule has 0 atom stereocenters. The lowest BCUT2D eigenvalue weighted by molar-refractivity contribution is -0.115. The quantitative estimate of drug-likeness (QED) is 0.738. The molecule has 0 aliphatic heterocycles. The van der Waals surface area contributed by atoms with E-state index in [0.29, 0.717) is 12.2 Å². The monoisotopic (exact) mass is 198 g/mol. The van der Waals surface area contributed by atoms with Crippen molar-refractivity contribution in [3.05, 3.63) is 35.6 Å². The summed E-state index contributed by atoms with van der Waals surface area (Å²) in [5.74, 6) is 0.351. The predicted octanol–water partition coefficient (Wildman–Crippen LogP) is 2.30. The lowest BCUT2D eigenvalue weighted by Crippen LogP contribution is -2.05. The molecule has 1 aromatic carbocycles. The molecule has 0 fully saturated rings. The van der Waals surface area contributed by atoms with Crippen molar-refractivity contribution in [1.29, 1.82) is 0 Å². The van der Waals surface area contributed by atoms with Crippen LogP contribution in [0.25, 0.3) is 0 Å². The first-order valence-corrected chi connectivity index (χ1v) is 5.37. The van der Waals surface area contributed by atoms with E-state index in [1.807, 2.05) is 6.26 Å². The topological polar surface area (TPSA) is 17.1 Å². The Morgan fingerprint density at radius 2 is 2.31 bits per heavy atom. The number of halogens is 1. The van der Waals surface area contributed by atoms with Gasteiger partial charge in [-0.15, -0.1) is 0 Å². The summed E-state index contributed by atoms with van der Waals surface area (Å²) in [5.41, 5.74) is 0.749. The number of ketones is 1. The number of rotatable bonds is 4. The highest BCUT2D eigenvalue weighted by Gasteiger charge is 2.02. The van der Waals surface area contributed by atoms with E-state index in [0.717, 1.165) is 5.56 Å². The maximum Gasteiger partial charge on any atom is 0.147 e. The van der Waals surface area contributed by atoms with Crippen molar-refractivity contribution in [3.8, 4) is 0 Å². The van der Waals surface area contributed by atoms with Crippen LogP contribution < -0.4 is 0 Å². The number of carbonyl (C=O) groups excluding carboxylic acids is 1. The van der Waals surface area contributed by atoms with Gasteiger partial charge >= 0.3 is 0 Å². The third-order valence-electron chi connectivity index (χ3n) is 1.60. The van der Waals surface area contributed by atoms with Crippen LogP contribution >= 0.6 is 11.8 Å². The zero-order chi connectivity index (χ0) is 9.68. The lowest BCUT2D eigenvalue weighted by atomic mass is 10.1. The first-order valence-electron chi connectivity index (χ1n) is 3.97. The Morgan fingerprint density at radius 1 is 1.54 bits per heavy atom. The van der Waals surface area contributed by atoms with Gasteiger partial charge in [-0.05, 0) is 24.0 Å². The molecule has 0 amide bonds. The van der Waals surface area contributed by atoms with Crippen molar-refractivity contribution in [3.63, 3.8) is 0 Å². The molecule has 0 aromatic heterocycles. The van der Waals surface area contributed by atoms with Gasteiger partial charge in [-0.2, -0.15) is 11.8 Å². The molecule has 0 spiro atoms. The van der Waals surface area contributed by atoms with Crippen LogP contribution in [0.15, 0.2) is 24.3 Å². The van der Waals surface area contributed by atoms with Crippen LogP contribution in [0.1, 0.15) is 5.56 Å². The molecule has 0 radical (unpaired) electrons. The van der Waals surface area contributed by atoms with Gasteiger partial charge < -0.3 is 0 Å². The first-order chi connectivity index (χ1) is 6.22. The van der Waals surface area contributed by atoms with Gasteiger partial charge in [0.15, 0.2) is 0 Å². The molecular weight excluding hydrogens is 187 g/mol. The van der Waals surface area contributed by atoms with E-state index in [1.165, 1.54) is 23.9 Å². The van der Waals surface area contributed by atoms with E-state index in [1.54, 1.807) is 12.1 Å². The maximum absolute atomic E-state index is 12.7. The molecule has 1 nitrogen and oxygen atoms in total. The summed E-state index contributed by atoms with van der Waals surface area (Å²) in [6.45, 7) is 0. The van der Waals surface area contributed by atoms with Crippen molar-refractivity contribution >= 4 is 17.5 Å². The molecule has 0 unspecified atom stereocenters. The van der Waals surface area contributed by atoms with Gasteiger partial charge in [0.25, 0.3) is 0 Å². The molecule has 0 N–H and O–H groups in total. The van der Waals surface area contributed by atoms with Crippen LogP contribution in [0, 0.1) is 5.82 Å². The Labute approximate surface area is 81.3 Å². The second-order valence-corrected chi connectivity index (χ2v) is 3.64. The van der Waals surface area contributed by atoms with Crippen LogP contribution in [0.3, 0.4) is 0 Å². The van der Waals surface area contributed by atoms with Gasteiger partial charge in [-0.1, -0.05) is 12.1 Å². The Hall–Kier alpha value is -0.830. The van der Waals surface area contributed by atoms with E-state index in [4.69, 9.17) is 0 Å². The van der Waals surface area contributed by atoms with Gasteiger partial charge in [0, 0.05) is 6.42 Å². The largest absolute Gasteiger partial charge is 0.298 e. The van der Waals surface area contributed by atoms with Crippen LogP contribution in [0.2, 0.25) is 0 Å². The number of carbonyl (C=O) groups is 1. The molecule has 0 saturated heterocycles. The average molecular weight is 198 g/mol. The summed E-state index contributed by atoms with van der Waals surface area (Å²) in [5, 5.41) is 0. The molecule has 0 bridgehead atoms. The van der Waals surface area contributed by atoms with Crippen LogP contribution in [0.5, 0.6) is 0 Å². The van der Waals surface area contributed by atoms with Crippen LogP contribution in [-0.2, 0) is 11.2 Å². The summed E-state index contributed by atoms with van der Waals surface area (Å²) < 4.78 is 12.7. The van der Waals surface area contributed by atoms with Gasteiger partial charge in [-0.25, -0.2) is 4.39 Å². The number of Topliss-reactive ketones (excluding diaryl/α,β-unsaturated/α-hetero) is 1. The molecule has 0 aliphatic carbocycles. The van der Waals surface area contributed by atoms with Gasteiger partial charge in [0.05, 0.1) is 5.75 Å². The Bertz CT molecular complexity index is 299. The molecule has 70 valence electrons. The molecule has 0 heterocycles. The van der Waals surface area contributed by atoms with E-state index in [-0.39, 0.29) is 11.6 Å². The zero-order valence-electron chi connectivity index (χ0n) is 7.42. The second-order valence-electron chi connectivity index (χ2n) is 2.78. The second kappa shape index (κ2) is 5.02. The van der Waals surface area contributed by atoms with Gasteiger partial charge in [-0.3, -0.25) is 4.79 Å². The third kappa shape index (κ3) is 3.59. The van der Waals surface area contributed by atoms with E-state index >= 15 is 0 Å². The highest BCUT2D eigenvalue weighted by atomic mass is 32.2. The fraction of sp³-hybridized carbons (Fsp3) is 0.300. The molecule has 1 aromatic rings. The van der Waals surface area contributed by atoms with Gasteiger partial charge in [0.1, 0.15) is 11.6 Å². The highest BCUT2D eigenvalue weighted by molar-refractivity contribution is 7.99. The zero-order valence-corrected chi connectivity index (χ0v) is 8.23. The Morgan fingerprint density at radius 3 is 2.92 bits per heavy atom. The molecule has 13 heavy (non-hydrogen) atoms. The van der Waals surface area contributed by atoms with Crippen molar-refractivity contribution in [2.75, 3.05) is 12.0 Å². The molecular formula is C10H11FOS. The Balaban J connectivity index is 2.58. The molecule has 3 heteroatoms. The van der Waals surface area contributed by atoms with E-state index < -0.39 is 0 Å². The normalized spacial score (nSPS) is 10.0. The summed E-state index contributed by atoms with van der Waals surface area (Å²) in [4.78, 5) is 11.2. The molecule has 0 saturated carbocycles.